The molecule has 0 fully saturated rings. The Labute approximate surface area is 150 Å². The van der Waals surface area contributed by atoms with E-state index in [1.807, 2.05) is 16.8 Å². The minimum Gasteiger partial charge on any atom is -0.496 e. The fraction of sp³-hybridized carbons (Fsp3) is 0.125. The van der Waals surface area contributed by atoms with Crippen LogP contribution in [0.25, 0.3) is 10.6 Å². The zero-order valence-corrected chi connectivity index (χ0v) is 14.8. The van der Waals surface area contributed by atoms with Crippen molar-refractivity contribution in [3.63, 3.8) is 0 Å². The first-order valence-electron chi connectivity index (χ1n) is 7.04. The molecule has 9 heteroatoms. The second kappa shape index (κ2) is 6.99. The quantitative estimate of drug-likeness (QED) is 0.285. The molecule has 0 spiro atoms. The Morgan fingerprint density at radius 2 is 2.12 bits per heavy atom. The molecule has 3 aromatic rings. The molecule has 0 N–H and O–H groups in total. The monoisotopic (exact) mass is 376 g/mol. The van der Waals surface area contributed by atoms with Crippen molar-refractivity contribution in [2.24, 2.45) is 0 Å². The third-order valence-electron chi connectivity index (χ3n) is 3.32. The van der Waals surface area contributed by atoms with Crippen molar-refractivity contribution >= 4 is 34.3 Å². The van der Waals surface area contributed by atoms with Gasteiger partial charge in [0.15, 0.2) is 0 Å². The molecular formula is C16H12N2O5S2. The Bertz CT molecular complexity index is 934. The molecule has 0 atom stereocenters. The summed E-state index contributed by atoms with van der Waals surface area (Å²) in [6.07, 6.45) is 0. The molecule has 7 nitrogen and oxygen atoms in total. The molecule has 0 unspecified atom stereocenters. The molecule has 0 amide bonds. The number of thiazole rings is 1. The maximum Gasteiger partial charge on any atom is 0.355 e. The molecule has 3 rings (SSSR count). The van der Waals surface area contributed by atoms with E-state index >= 15 is 0 Å². The molecule has 1 aromatic carbocycles. The molecule has 0 saturated heterocycles. The van der Waals surface area contributed by atoms with Crippen molar-refractivity contribution in [1.29, 1.82) is 0 Å². The average molecular weight is 376 g/mol. The van der Waals surface area contributed by atoms with Gasteiger partial charge in [-0.05, 0) is 30.5 Å². The molecule has 0 saturated carbocycles. The number of rotatable bonds is 5. The summed E-state index contributed by atoms with van der Waals surface area (Å²) in [5, 5.41) is 15.7. The number of hydrogen-bond donors (Lipinski definition) is 0. The summed E-state index contributed by atoms with van der Waals surface area (Å²) >= 11 is 2.73. The van der Waals surface area contributed by atoms with Crippen molar-refractivity contribution in [2.75, 3.05) is 7.11 Å². The summed E-state index contributed by atoms with van der Waals surface area (Å²) in [7, 11) is 1.40. The van der Waals surface area contributed by atoms with Crippen LogP contribution >= 0.6 is 22.7 Å². The minimum atomic E-state index is -0.676. The Balaban J connectivity index is 1.89. The number of benzene rings is 1. The fourth-order valence-corrected chi connectivity index (χ4v) is 3.75. The Morgan fingerprint density at radius 3 is 2.76 bits per heavy atom. The van der Waals surface area contributed by atoms with Crippen LogP contribution in [0.4, 0.5) is 5.69 Å². The first kappa shape index (κ1) is 17.1. The number of nitro benzene ring substituents is 1. The first-order chi connectivity index (χ1) is 12.0. The molecule has 0 radical (unpaired) electrons. The van der Waals surface area contributed by atoms with E-state index in [1.54, 1.807) is 6.92 Å². The molecule has 0 aliphatic rings. The minimum absolute atomic E-state index is 0.138. The van der Waals surface area contributed by atoms with E-state index in [4.69, 9.17) is 9.47 Å². The largest absolute Gasteiger partial charge is 0.496 e. The van der Waals surface area contributed by atoms with Gasteiger partial charge in [0, 0.05) is 10.9 Å². The molecule has 2 heterocycles. The van der Waals surface area contributed by atoms with E-state index < -0.39 is 10.9 Å². The summed E-state index contributed by atoms with van der Waals surface area (Å²) in [4.78, 5) is 27.7. The molecule has 0 aliphatic carbocycles. The molecule has 0 bridgehead atoms. The van der Waals surface area contributed by atoms with E-state index in [0.29, 0.717) is 21.3 Å². The summed E-state index contributed by atoms with van der Waals surface area (Å²) < 4.78 is 10.2. The number of aromatic nitrogens is 1. The first-order valence-corrected chi connectivity index (χ1v) is 8.80. The van der Waals surface area contributed by atoms with E-state index in [1.165, 1.54) is 48.0 Å². The van der Waals surface area contributed by atoms with E-state index in [-0.39, 0.29) is 11.4 Å². The van der Waals surface area contributed by atoms with Crippen molar-refractivity contribution in [2.45, 2.75) is 6.92 Å². The Hall–Kier alpha value is -2.78. The number of esters is 1. The number of carbonyl (C=O) groups excluding carboxylic acids is 1. The van der Waals surface area contributed by atoms with Crippen LogP contribution in [0.3, 0.4) is 0 Å². The molecular weight excluding hydrogens is 364 g/mol. The van der Waals surface area contributed by atoms with Gasteiger partial charge in [0.05, 0.1) is 23.8 Å². The van der Waals surface area contributed by atoms with Crippen molar-refractivity contribution in [1.82, 2.24) is 4.98 Å². The summed E-state index contributed by atoms with van der Waals surface area (Å²) in [5.74, 6) is -0.509. The Morgan fingerprint density at radius 1 is 1.32 bits per heavy atom. The maximum atomic E-state index is 12.4. The lowest BCUT2D eigenvalue weighted by Crippen LogP contribution is -2.09. The van der Waals surface area contributed by atoms with Gasteiger partial charge >= 0.3 is 11.7 Å². The van der Waals surface area contributed by atoms with E-state index in [2.05, 4.69) is 4.98 Å². The average Bonchev–Trinajstić information content (AvgIpc) is 3.24. The lowest BCUT2D eigenvalue weighted by Gasteiger charge is -2.06. The van der Waals surface area contributed by atoms with E-state index in [0.717, 1.165) is 5.56 Å². The highest BCUT2D eigenvalue weighted by Crippen LogP contribution is 2.34. The predicted octanol–water partition coefficient (Wildman–Crippen LogP) is 4.32. The SMILES string of the molecule is COc1ccc(OC(=O)c2sc(-c3ccsc3)nc2C)c([N+](=O)[O-])c1. The van der Waals surface area contributed by atoms with Crippen LogP contribution < -0.4 is 9.47 Å². The summed E-state index contributed by atoms with van der Waals surface area (Å²) in [6, 6.07) is 5.95. The highest BCUT2D eigenvalue weighted by Gasteiger charge is 2.23. The van der Waals surface area contributed by atoms with Gasteiger partial charge in [0.1, 0.15) is 15.6 Å². The number of aryl methyl sites for hydroxylation is 1. The van der Waals surface area contributed by atoms with Gasteiger partial charge in [-0.1, -0.05) is 0 Å². The number of hydrogen-bond acceptors (Lipinski definition) is 8. The van der Waals surface area contributed by atoms with Gasteiger partial charge in [-0.25, -0.2) is 9.78 Å². The predicted molar refractivity (Wildman–Crippen MR) is 94.8 cm³/mol. The number of ether oxygens (including phenoxy) is 2. The van der Waals surface area contributed by atoms with Gasteiger partial charge in [0.2, 0.25) is 5.75 Å². The normalized spacial score (nSPS) is 10.5. The smallest absolute Gasteiger partial charge is 0.355 e. The summed E-state index contributed by atoms with van der Waals surface area (Å²) in [5.41, 5.74) is 1.10. The van der Waals surface area contributed by atoms with Crippen LogP contribution in [0.2, 0.25) is 0 Å². The maximum absolute atomic E-state index is 12.4. The molecule has 128 valence electrons. The second-order valence-electron chi connectivity index (χ2n) is 4.93. The van der Waals surface area contributed by atoms with Crippen molar-refractivity contribution in [3.05, 3.63) is 55.7 Å². The second-order valence-corrected chi connectivity index (χ2v) is 6.70. The third kappa shape index (κ3) is 3.52. The van der Waals surface area contributed by atoms with Crippen LogP contribution in [0.1, 0.15) is 15.4 Å². The van der Waals surface area contributed by atoms with Gasteiger partial charge in [0.25, 0.3) is 0 Å². The highest BCUT2D eigenvalue weighted by molar-refractivity contribution is 7.17. The number of methoxy groups -OCH3 is 1. The lowest BCUT2D eigenvalue weighted by molar-refractivity contribution is -0.385. The van der Waals surface area contributed by atoms with Crippen LogP contribution in [-0.2, 0) is 0 Å². The number of thiophene rings is 1. The zero-order valence-electron chi connectivity index (χ0n) is 13.2. The number of nitrogens with zero attached hydrogens (tertiary/aromatic N) is 2. The van der Waals surface area contributed by atoms with Crippen LogP contribution in [0, 0.1) is 17.0 Å². The van der Waals surface area contributed by atoms with Crippen molar-refractivity contribution < 1.29 is 19.2 Å². The molecule has 2 aromatic heterocycles. The molecule has 0 aliphatic heterocycles. The topological polar surface area (TPSA) is 91.6 Å². The number of nitro groups is 1. The highest BCUT2D eigenvalue weighted by atomic mass is 32.1. The Kier molecular flexibility index (Phi) is 4.77. The number of carbonyl (C=O) groups is 1. The van der Waals surface area contributed by atoms with E-state index in [9.17, 15) is 14.9 Å². The van der Waals surface area contributed by atoms with Crippen molar-refractivity contribution in [3.8, 4) is 22.1 Å². The van der Waals surface area contributed by atoms with Gasteiger partial charge in [-0.2, -0.15) is 11.3 Å². The molecule has 25 heavy (non-hydrogen) atoms. The van der Waals surface area contributed by atoms with Crippen LogP contribution in [0.15, 0.2) is 35.0 Å². The van der Waals surface area contributed by atoms with Crippen LogP contribution in [0.5, 0.6) is 11.5 Å². The fourth-order valence-electron chi connectivity index (χ4n) is 2.09. The van der Waals surface area contributed by atoms with Gasteiger partial charge < -0.3 is 9.47 Å². The summed E-state index contributed by atoms with van der Waals surface area (Å²) in [6.45, 7) is 1.70. The standard InChI is InChI=1S/C16H12N2O5S2/c1-9-14(25-15(17-9)10-5-6-24-8-10)16(19)23-13-4-3-11(22-2)7-12(13)18(20)21/h3-8H,1-2H3. The zero-order chi connectivity index (χ0) is 18.0. The lowest BCUT2D eigenvalue weighted by atomic mass is 10.3. The van der Waals surface area contributed by atoms with Gasteiger partial charge in [-0.15, -0.1) is 11.3 Å². The third-order valence-corrected chi connectivity index (χ3v) is 5.19. The van der Waals surface area contributed by atoms with Crippen LogP contribution in [-0.4, -0.2) is 23.0 Å². The van der Waals surface area contributed by atoms with Gasteiger partial charge in [-0.3, -0.25) is 10.1 Å².